The fourth-order valence-corrected chi connectivity index (χ4v) is 5.00. The van der Waals surface area contributed by atoms with Crippen molar-refractivity contribution in [1.29, 1.82) is 0 Å². The molecule has 4 rings (SSSR count). The summed E-state index contributed by atoms with van der Waals surface area (Å²) in [5.74, 6) is 0.342. The second-order valence-electron chi connectivity index (χ2n) is 7.57. The second-order valence-corrected chi connectivity index (χ2v) is 9.25. The molecule has 0 N–H and O–H groups in total. The number of hydrogen-bond donors (Lipinski definition) is 0. The maximum atomic E-state index is 13.4. The molecule has 3 heterocycles. The van der Waals surface area contributed by atoms with E-state index in [1.807, 2.05) is 62.2 Å². The molecule has 1 fully saturated rings. The van der Waals surface area contributed by atoms with E-state index >= 15 is 0 Å². The number of benzene rings is 1. The van der Waals surface area contributed by atoms with Gasteiger partial charge in [-0.2, -0.15) is 0 Å². The molecular formula is C23H22N4O2S2. The number of thiocarbonyl (C=S) groups is 1. The van der Waals surface area contributed by atoms with Crippen LogP contribution in [0.4, 0.5) is 5.82 Å². The molecule has 1 aromatic carbocycles. The van der Waals surface area contributed by atoms with Gasteiger partial charge in [0.2, 0.25) is 0 Å². The van der Waals surface area contributed by atoms with Gasteiger partial charge >= 0.3 is 0 Å². The third-order valence-electron chi connectivity index (χ3n) is 4.99. The van der Waals surface area contributed by atoms with Crippen molar-refractivity contribution in [3.8, 4) is 0 Å². The van der Waals surface area contributed by atoms with Gasteiger partial charge in [0.05, 0.1) is 10.5 Å². The second kappa shape index (κ2) is 8.64. The summed E-state index contributed by atoms with van der Waals surface area (Å²) in [5.41, 5.74) is 1.79. The minimum Gasteiger partial charge on any atom is -0.355 e. The molecule has 31 heavy (non-hydrogen) atoms. The summed E-state index contributed by atoms with van der Waals surface area (Å²) in [6.45, 7) is 4.41. The van der Waals surface area contributed by atoms with Crippen LogP contribution in [0.25, 0.3) is 11.7 Å². The molecule has 158 valence electrons. The Morgan fingerprint density at radius 3 is 2.52 bits per heavy atom. The number of pyridine rings is 1. The Morgan fingerprint density at radius 1 is 1.13 bits per heavy atom. The fourth-order valence-electron chi connectivity index (χ4n) is 3.50. The van der Waals surface area contributed by atoms with Crippen LogP contribution in [0.15, 0.2) is 64.4 Å². The number of hydrogen-bond acceptors (Lipinski definition) is 6. The van der Waals surface area contributed by atoms with Crippen molar-refractivity contribution >= 4 is 51.7 Å². The van der Waals surface area contributed by atoms with E-state index in [2.05, 4.69) is 0 Å². The van der Waals surface area contributed by atoms with Crippen LogP contribution in [-0.2, 0) is 11.3 Å². The molecule has 1 amide bonds. The maximum absolute atomic E-state index is 13.4. The molecule has 0 bridgehead atoms. The number of rotatable bonds is 5. The maximum Gasteiger partial charge on any atom is 0.267 e. The summed E-state index contributed by atoms with van der Waals surface area (Å²) in [7, 11) is 1.89. The molecule has 3 aromatic rings. The predicted molar refractivity (Wildman–Crippen MR) is 130 cm³/mol. The van der Waals surface area contributed by atoms with Gasteiger partial charge in [-0.1, -0.05) is 60.4 Å². The van der Waals surface area contributed by atoms with Crippen molar-refractivity contribution in [3.63, 3.8) is 0 Å². The molecule has 6 nitrogen and oxygen atoms in total. The van der Waals surface area contributed by atoms with Gasteiger partial charge in [-0.3, -0.25) is 18.9 Å². The Bertz CT molecular complexity index is 1250. The highest BCUT2D eigenvalue weighted by Gasteiger charge is 2.34. The summed E-state index contributed by atoms with van der Waals surface area (Å²) in [6, 6.07) is 15.3. The van der Waals surface area contributed by atoms with Gasteiger partial charge in [0.1, 0.15) is 15.8 Å². The SMILES string of the molecule is CC(C)N1C(=O)/C(=C/c2c(N(C)Cc3ccccc3)nc3ccccn3c2=O)SC1=S. The Kier molecular flexibility index (Phi) is 5.93. The van der Waals surface area contributed by atoms with Crippen LogP contribution in [0, 0.1) is 0 Å². The highest BCUT2D eigenvalue weighted by Crippen LogP contribution is 2.34. The van der Waals surface area contributed by atoms with Crippen molar-refractivity contribution in [1.82, 2.24) is 14.3 Å². The zero-order chi connectivity index (χ0) is 22.1. The number of thioether (sulfide) groups is 1. The van der Waals surface area contributed by atoms with Crippen LogP contribution in [0.2, 0.25) is 0 Å². The normalized spacial score (nSPS) is 15.5. The molecule has 8 heteroatoms. The number of fused-ring (bicyclic) bond motifs is 1. The molecular weight excluding hydrogens is 428 g/mol. The van der Waals surface area contributed by atoms with E-state index in [0.29, 0.717) is 32.8 Å². The number of aromatic nitrogens is 2. The predicted octanol–water partition coefficient (Wildman–Crippen LogP) is 3.94. The number of anilines is 1. The summed E-state index contributed by atoms with van der Waals surface area (Å²) >= 11 is 6.60. The van der Waals surface area contributed by atoms with Crippen molar-refractivity contribution in [3.05, 3.63) is 81.1 Å². The summed E-state index contributed by atoms with van der Waals surface area (Å²) in [4.78, 5) is 35.0. The average molecular weight is 451 g/mol. The molecule has 0 unspecified atom stereocenters. The van der Waals surface area contributed by atoms with Crippen LogP contribution in [0.5, 0.6) is 0 Å². The molecule has 1 aliphatic rings. The summed E-state index contributed by atoms with van der Waals surface area (Å²) < 4.78 is 1.99. The van der Waals surface area contributed by atoms with E-state index in [1.165, 1.54) is 16.2 Å². The monoisotopic (exact) mass is 450 g/mol. The molecule has 1 saturated heterocycles. The molecule has 0 radical (unpaired) electrons. The smallest absolute Gasteiger partial charge is 0.267 e. The Labute approximate surface area is 190 Å². The number of amides is 1. The van der Waals surface area contributed by atoms with E-state index < -0.39 is 0 Å². The number of nitrogens with zero attached hydrogens (tertiary/aromatic N) is 4. The highest BCUT2D eigenvalue weighted by atomic mass is 32.2. The minimum absolute atomic E-state index is 0.0468. The number of carbonyl (C=O) groups is 1. The van der Waals surface area contributed by atoms with Crippen molar-refractivity contribution in [2.24, 2.45) is 0 Å². The van der Waals surface area contributed by atoms with E-state index in [4.69, 9.17) is 17.2 Å². The molecule has 0 spiro atoms. The molecule has 0 saturated carbocycles. The van der Waals surface area contributed by atoms with Gasteiger partial charge in [-0.05, 0) is 37.6 Å². The average Bonchev–Trinajstić information content (AvgIpc) is 3.03. The molecule has 1 aliphatic heterocycles. The Morgan fingerprint density at radius 2 is 1.84 bits per heavy atom. The lowest BCUT2D eigenvalue weighted by molar-refractivity contribution is -0.123. The third-order valence-corrected chi connectivity index (χ3v) is 6.32. The largest absolute Gasteiger partial charge is 0.355 e. The quantitative estimate of drug-likeness (QED) is 0.434. The van der Waals surface area contributed by atoms with E-state index in [9.17, 15) is 9.59 Å². The van der Waals surface area contributed by atoms with Crippen LogP contribution >= 0.6 is 24.0 Å². The van der Waals surface area contributed by atoms with Gasteiger partial charge < -0.3 is 4.90 Å². The first-order chi connectivity index (χ1) is 14.9. The standard InChI is InChI=1S/C23H22N4O2S2/c1-15(2)27-22(29)18(31-23(27)30)13-17-20(25(3)14-16-9-5-4-6-10-16)24-19-11-7-8-12-26(19)21(17)28/h4-13,15H,14H2,1-3H3/b18-13-. The van der Waals surface area contributed by atoms with Gasteiger partial charge in [0.15, 0.2) is 0 Å². The highest BCUT2D eigenvalue weighted by molar-refractivity contribution is 8.26. The van der Waals surface area contributed by atoms with E-state index in [-0.39, 0.29) is 17.5 Å². The fraction of sp³-hybridized carbons (Fsp3) is 0.217. The van der Waals surface area contributed by atoms with Gasteiger partial charge in [0, 0.05) is 25.8 Å². The van der Waals surface area contributed by atoms with Crippen molar-refractivity contribution < 1.29 is 4.79 Å². The van der Waals surface area contributed by atoms with Gasteiger partial charge in [0.25, 0.3) is 11.5 Å². The van der Waals surface area contributed by atoms with Crippen LogP contribution in [0.1, 0.15) is 25.0 Å². The van der Waals surface area contributed by atoms with Gasteiger partial charge in [-0.25, -0.2) is 4.98 Å². The summed E-state index contributed by atoms with van der Waals surface area (Å²) in [5, 5.41) is 0. The molecule has 0 atom stereocenters. The number of carbonyl (C=O) groups excluding carboxylic acids is 1. The lowest BCUT2D eigenvalue weighted by Crippen LogP contribution is -2.34. The summed E-state index contributed by atoms with van der Waals surface area (Å²) in [6.07, 6.45) is 3.32. The Hall–Kier alpha value is -2.97. The molecule has 2 aromatic heterocycles. The first-order valence-corrected chi connectivity index (χ1v) is 11.1. The lowest BCUT2D eigenvalue weighted by atomic mass is 10.2. The lowest BCUT2D eigenvalue weighted by Gasteiger charge is -2.21. The minimum atomic E-state index is -0.227. The van der Waals surface area contributed by atoms with Crippen LogP contribution in [-0.4, -0.2) is 37.6 Å². The zero-order valence-electron chi connectivity index (χ0n) is 17.5. The topological polar surface area (TPSA) is 57.9 Å². The van der Waals surface area contributed by atoms with Gasteiger partial charge in [-0.15, -0.1) is 0 Å². The van der Waals surface area contributed by atoms with Crippen LogP contribution < -0.4 is 10.5 Å². The zero-order valence-corrected chi connectivity index (χ0v) is 19.1. The van der Waals surface area contributed by atoms with E-state index in [0.717, 1.165) is 5.56 Å². The third kappa shape index (κ3) is 4.13. The first kappa shape index (κ1) is 21.3. The molecule has 0 aliphatic carbocycles. The first-order valence-electron chi connectivity index (χ1n) is 9.90. The Balaban J connectivity index is 1.84. The van der Waals surface area contributed by atoms with Crippen LogP contribution in [0.3, 0.4) is 0 Å². The van der Waals surface area contributed by atoms with Crippen molar-refractivity contribution in [2.75, 3.05) is 11.9 Å². The van der Waals surface area contributed by atoms with E-state index in [1.54, 1.807) is 29.3 Å². The van der Waals surface area contributed by atoms with Crippen molar-refractivity contribution in [2.45, 2.75) is 26.4 Å².